The molecule has 0 spiro atoms. The predicted molar refractivity (Wildman–Crippen MR) is 196 cm³/mol. The summed E-state index contributed by atoms with van der Waals surface area (Å²) in [5.41, 5.74) is 0. The van der Waals surface area contributed by atoms with Crippen molar-refractivity contribution >= 4 is 65.4 Å². The monoisotopic (exact) mass is 805 g/mol. The van der Waals surface area contributed by atoms with E-state index < -0.39 is 115 Å². The van der Waals surface area contributed by atoms with Crippen molar-refractivity contribution in [1.82, 2.24) is 47.0 Å². The number of carbonyl (C=O) groups excluding carboxylic acids is 11. The van der Waals surface area contributed by atoms with Gasteiger partial charge in [0.1, 0.15) is 18.1 Å². The maximum atomic E-state index is 13.6. The van der Waals surface area contributed by atoms with E-state index in [9.17, 15) is 52.7 Å². The summed E-state index contributed by atoms with van der Waals surface area (Å²) in [5.74, 6) is -6.56. The lowest BCUT2D eigenvalue weighted by molar-refractivity contribution is -0.145. The van der Waals surface area contributed by atoms with E-state index in [0.29, 0.717) is 12.8 Å². The van der Waals surface area contributed by atoms with Crippen molar-refractivity contribution in [3.63, 3.8) is 0 Å². The minimum atomic E-state index is -1.24. The summed E-state index contributed by atoms with van der Waals surface area (Å²) in [6.45, 7) is 9.02. The second kappa shape index (κ2) is 22.9. The molecule has 2 heterocycles. The van der Waals surface area contributed by atoms with Crippen LogP contribution in [-0.2, 0) is 52.6 Å². The van der Waals surface area contributed by atoms with Crippen molar-refractivity contribution in [2.75, 3.05) is 19.8 Å². The normalized spacial score (nSPS) is 16.5. The van der Waals surface area contributed by atoms with Crippen molar-refractivity contribution in [2.24, 2.45) is 0 Å². The molecule has 7 N–H and O–H groups in total. The Hall–Kier alpha value is -6.35. The fourth-order valence-corrected chi connectivity index (χ4v) is 5.52. The molecule has 5 atom stereocenters. The van der Waals surface area contributed by atoms with Gasteiger partial charge in [0.25, 0.3) is 23.6 Å². The molecule has 22 heteroatoms. The van der Waals surface area contributed by atoms with Crippen LogP contribution in [0.15, 0.2) is 24.3 Å². The van der Waals surface area contributed by atoms with E-state index in [2.05, 4.69) is 37.2 Å². The minimum Gasteiger partial charge on any atom is -0.450 e. The predicted octanol–water partition coefficient (Wildman–Crippen LogP) is -1.93. The van der Waals surface area contributed by atoms with Gasteiger partial charge in [-0.15, -0.1) is 0 Å². The Labute approximate surface area is 328 Å². The average molecular weight is 806 g/mol. The first-order chi connectivity index (χ1) is 26.9. The van der Waals surface area contributed by atoms with Crippen molar-refractivity contribution in [3.05, 3.63) is 24.3 Å². The molecule has 314 valence electrons. The van der Waals surface area contributed by atoms with Crippen LogP contribution in [-0.4, -0.2) is 131 Å². The van der Waals surface area contributed by atoms with Crippen molar-refractivity contribution in [3.8, 4) is 0 Å². The Balaban J connectivity index is 2.15. The number of imide groups is 2. The number of hydrogen-bond acceptors (Lipinski definition) is 13. The van der Waals surface area contributed by atoms with Gasteiger partial charge in [-0.1, -0.05) is 0 Å². The maximum absolute atomic E-state index is 13.6. The number of hydrogen-bond donors (Lipinski definition) is 7. The van der Waals surface area contributed by atoms with E-state index >= 15 is 0 Å². The lowest BCUT2D eigenvalue weighted by atomic mass is 10.1. The second-order valence-electron chi connectivity index (χ2n) is 12.9. The highest BCUT2D eigenvalue weighted by atomic mass is 16.6. The third-order valence-electron chi connectivity index (χ3n) is 8.25. The number of nitrogens with zero attached hydrogens (tertiary/aromatic N) is 2. The number of nitrogens with one attached hydrogen (secondary N) is 7. The highest BCUT2D eigenvalue weighted by Gasteiger charge is 2.35. The molecule has 22 nitrogen and oxygen atoms in total. The molecule has 2 rings (SSSR count). The smallest absolute Gasteiger partial charge is 0.407 e. The fourth-order valence-electron chi connectivity index (χ4n) is 5.52. The number of carbonyl (C=O) groups is 11. The molecular formula is C35H51N9O13. The van der Waals surface area contributed by atoms with Gasteiger partial charge in [-0.05, 0) is 60.8 Å². The third-order valence-corrected chi connectivity index (χ3v) is 8.25. The van der Waals surface area contributed by atoms with Gasteiger partial charge in [-0.25, -0.2) is 9.59 Å². The van der Waals surface area contributed by atoms with Gasteiger partial charge in [0.2, 0.25) is 29.5 Å². The molecular weight excluding hydrogens is 754 g/mol. The van der Waals surface area contributed by atoms with Crippen LogP contribution in [0, 0.1) is 0 Å². The van der Waals surface area contributed by atoms with Crippen LogP contribution in [0.3, 0.4) is 0 Å². The quantitative estimate of drug-likeness (QED) is 0.0357. The Morgan fingerprint density at radius 1 is 0.561 bits per heavy atom. The summed E-state index contributed by atoms with van der Waals surface area (Å²) in [7, 11) is 0. The minimum absolute atomic E-state index is 0.00330. The zero-order chi connectivity index (χ0) is 42.8. The molecule has 0 aromatic heterocycles. The van der Waals surface area contributed by atoms with Crippen LogP contribution in [0.1, 0.15) is 73.6 Å². The average Bonchev–Trinajstić information content (AvgIpc) is 3.64. The molecule has 57 heavy (non-hydrogen) atoms. The summed E-state index contributed by atoms with van der Waals surface area (Å²) in [6, 6.07) is -4.87. The SMILES string of the molecule is CCOC(=O)NCCCCC(NC(=O)OCC)C(=O)NC(CC(=O)NC(C)NC(=O)C(C)N1C(=O)C=CC1=O)CC(=O)NC(C)NC(=O)C(C)N1C(=O)C=CC1=O. The van der Waals surface area contributed by atoms with Crippen molar-refractivity contribution in [2.45, 2.75) is 110 Å². The fraction of sp³-hybridized carbons (Fsp3) is 0.571. The zero-order valence-corrected chi connectivity index (χ0v) is 32.6. The van der Waals surface area contributed by atoms with Crippen LogP contribution < -0.4 is 37.2 Å². The first kappa shape index (κ1) is 46.8. The summed E-state index contributed by atoms with van der Waals surface area (Å²) in [4.78, 5) is 139. The first-order valence-corrected chi connectivity index (χ1v) is 18.3. The molecule has 0 saturated carbocycles. The molecule has 0 bridgehead atoms. The molecule has 2 aliphatic heterocycles. The van der Waals surface area contributed by atoms with Gasteiger partial charge >= 0.3 is 12.2 Å². The van der Waals surface area contributed by atoms with E-state index in [1.807, 2.05) is 0 Å². The topological polar surface area (TPSA) is 297 Å². The molecule has 0 aromatic rings. The van der Waals surface area contributed by atoms with Gasteiger partial charge in [0, 0.05) is 49.7 Å². The van der Waals surface area contributed by atoms with E-state index in [1.165, 1.54) is 27.7 Å². The maximum Gasteiger partial charge on any atom is 0.407 e. The Kier molecular flexibility index (Phi) is 18.8. The number of amides is 11. The Bertz CT molecular complexity index is 1510. The summed E-state index contributed by atoms with van der Waals surface area (Å²) in [5, 5.41) is 17.5. The number of alkyl carbamates (subject to hydrolysis) is 2. The van der Waals surface area contributed by atoms with Crippen LogP contribution in [0.2, 0.25) is 0 Å². The van der Waals surface area contributed by atoms with Crippen molar-refractivity contribution in [1.29, 1.82) is 0 Å². The van der Waals surface area contributed by atoms with Gasteiger partial charge in [0.15, 0.2) is 0 Å². The van der Waals surface area contributed by atoms with E-state index in [0.717, 1.165) is 34.1 Å². The van der Waals surface area contributed by atoms with E-state index in [4.69, 9.17) is 9.47 Å². The number of unbranched alkanes of at least 4 members (excludes halogenated alkanes) is 1. The third kappa shape index (κ3) is 15.4. The van der Waals surface area contributed by atoms with Crippen LogP contribution in [0.25, 0.3) is 0 Å². The Morgan fingerprint density at radius 3 is 1.40 bits per heavy atom. The zero-order valence-electron chi connectivity index (χ0n) is 32.6. The van der Waals surface area contributed by atoms with Gasteiger partial charge in [0.05, 0.1) is 25.5 Å². The highest BCUT2D eigenvalue weighted by molar-refractivity contribution is 6.15. The molecule has 0 saturated heterocycles. The van der Waals surface area contributed by atoms with Crippen LogP contribution in [0.5, 0.6) is 0 Å². The van der Waals surface area contributed by atoms with Crippen LogP contribution >= 0.6 is 0 Å². The molecule has 11 amide bonds. The second-order valence-corrected chi connectivity index (χ2v) is 12.9. The standard InChI is InChI=1S/C35H51N9O13/c1-7-56-34(54)36-16-10-9-11-24(42-35(55)57-8-2)33(53)41-23(17-25(45)37-21(5)39-31(51)19(3)43-27(47)12-13-28(43)48)18-26(46)38-22(6)40-32(52)20(4)44-29(49)14-15-30(44)50/h12-15,19-24H,7-11,16-18H2,1-6H3,(H,36,54)(H,37,45)(H,38,46)(H,39,51)(H,40,52)(H,41,53)(H,42,55). The summed E-state index contributed by atoms with van der Waals surface area (Å²) < 4.78 is 9.73. The molecule has 0 aromatic carbocycles. The molecule has 0 radical (unpaired) electrons. The van der Waals surface area contributed by atoms with E-state index in [-0.39, 0.29) is 26.2 Å². The number of rotatable bonds is 22. The summed E-state index contributed by atoms with van der Waals surface area (Å²) >= 11 is 0. The lowest BCUT2D eigenvalue weighted by Crippen LogP contribution is -2.56. The first-order valence-electron chi connectivity index (χ1n) is 18.3. The van der Waals surface area contributed by atoms with Gasteiger partial charge in [-0.3, -0.25) is 53.0 Å². The van der Waals surface area contributed by atoms with Crippen LogP contribution in [0.4, 0.5) is 9.59 Å². The highest BCUT2D eigenvalue weighted by Crippen LogP contribution is 2.11. The van der Waals surface area contributed by atoms with E-state index in [1.54, 1.807) is 13.8 Å². The van der Waals surface area contributed by atoms with Crippen molar-refractivity contribution < 1.29 is 62.2 Å². The molecule has 2 aliphatic rings. The van der Waals surface area contributed by atoms with Gasteiger partial charge in [-0.2, -0.15) is 0 Å². The molecule has 0 aliphatic carbocycles. The molecule has 5 unspecified atom stereocenters. The summed E-state index contributed by atoms with van der Waals surface area (Å²) in [6.07, 6.45) is 0.118. The van der Waals surface area contributed by atoms with Gasteiger partial charge < -0.3 is 46.7 Å². The lowest BCUT2D eigenvalue weighted by Gasteiger charge is -2.26. The largest absolute Gasteiger partial charge is 0.450 e. The Morgan fingerprint density at radius 2 is 0.982 bits per heavy atom. The number of ether oxygens (including phenoxy) is 2. The molecule has 0 fully saturated rings.